The molecule has 1 atom stereocenters. The molecular formula is C17H23ClN2O. The predicted octanol–water partition coefficient (Wildman–Crippen LogP) is 3.40. The zero-order chi connectivity index (χ0) is 14.8. The summed E-state index contributed by atoms with van der Waals surface area (Å²) in [5.74, 6) is 0.0959. The van der Waals surface area contributed by atoms with E-state index in [4.69, 9.17) is 11.6 Å². The standard InChI is InChI=1S/C17H23ClN2O/c1-12-5-4-7-15(16(12)18)17(21)20(14-8-9-14)11-13-6-2-3-10-19-13/h4-5,7,13-14,19H,2-3,6,8-11H2,1H3. The molecule has 3 nitrogen and oxygen atoms in total. The average Bonchev–Trinajstić information content (AvgIpc) is 3.33. The number of piperidine rings is 1. The molecule has 1 saturated heterocycles. The summed E-state index contributed by atoms with van der Waals surface area (Å²) in [6.45, 7) is 3.83. The molecule has 2 aliphatic rings. The number of nitrogens with one attached hydrogen (secondary N) is 1. The third kappa shape index (κ3) is 3.41. The smallest absolute Gasteiger partial charge is 0.255 e. The van der Waals surface area contributed by atoms with Crippen LogP contribution >= 0.6 is 11.6 Å². The van der Waals surface area contributed by atoms with Crippen molar-refractivity contribution in [1.29, 1.82) is 0 Å². The van der Waals surface area contributed by atoms with Crippen LogP contribution in [-0.2, 0) is 0 Å². The molecular weight excluding hydrogens is 284 g/mol. The van der Waals surface area contributed by atoms with Crippen LogP contribution < -0.4 is 5.32 Å². The molecule has 0 spiro atoms. The molecule has 4 heteroatoms. The Labute approximate surface area is 131 Å². The molecule has 0 bridgehead atoms. The van der Waals surface area contributed by atoms with Crippen molar-refractivity contribution in [2.75, 3.05) is 13.1 Å². The second kappa shape index (κ2) is 6.37. The Hall–Kier alpha value is -1.06. The van der Waals surface area contributed by atoms with E-state index in [0.29, 0.717) is 22.7 Å². The van der Waals surface area contributed by atoms with E-state index in [0.717, 1.165) is 37.9 Å². The van der Waals surface area contributed by atoms with Gasteiger partial charge in [0.1, 0.15) is 0 Å². The molecule has 1 amide bonds. The van der Waals surface area contributed by atoms with Crippen molar-refractivity contribution in [2.45, 2.75) is 51.1 Å². The topological polar surface area (TPSA) is 32.3 Å². The van der Waals surface area contributed by atoms with Gasteiger partial charge in [0.15, 0.2) is 0 Å². The van der Waals surface area contributed by atoms with E-state index < -0.39 is 0 Å². The van der Waals surface area contributed by atoms with Gasteiger partial charge in [0.05, 0.1) is 10.6 Å². The van der Waals surface area contributed by atoms with Gasteiger partial charge in [-0.05, 0) is 50.8 Å². The van der Waals surface area contributed by atoms with E-state index in [1.165, 1.54) is 12.8 Å². The van der Waals surface area contributed by atoms with Crippen LogP contribution in [0, 0.1) is 6.92 Å². The number of nitrogens with zero attached hydrogens (tertiary/aromatic N) is 1. The van der Waals surface area contributed by atoms with E-state index in [2.05, 4.69) is 5.32 Å². The van der Waals surface area contributed by atoms with Crippen molar-refractivity contribution in [3.05, 3.63) is 34.3 Å². The summed E-state index contributed by atoms with van der Waals surface area (Å²) in [4.78, 5) is 14.9. The summed E-state index contributed by atoms with van der Waals surface area (Å²) in [6.07, 6.45) is 5.93. The molecule has 2 fully saturated rings. The maximum absolute atomic E-state index is 12.9. The monoisotopic (exact) mass is 306 g/mol. The van der Waals surface area contributed by atoms with Gasteiger partial charge in [-0.3, -0.25) is 4.79 Å². The minimum absolute atomic E-state index is 0.0959. The van der Waals surface area contributed by atoms with Crippen LogP contribution in [-0.4, -0.2) is 36.0 Å². The van der Waals surface area contributed by atoms with Crippen LogP contribution in [0.4, 0.5) is 0 Å². The van der Waals surface area contributed by atoms with Gasteiger partial charge >= 0.3 is 0 Å². The highest BCUT2D eigenvalue weighted by Crippen LogP contribution is 2.31. The van der Waals surface area contributed by atoms with E-state index >= 15 is 0 Å². The SMILES string of the molecule is Cc1cccc(C(=O)N(CC2CCCCN2)C2CC2)c1Cl. The number of hydrogen-bond donors (Lipinski definition) is 1. The molecule has 3 rings (SSSR count). The number of carbonyl (C=O) groups excluding carboxylic acids is 1. The van der Waals surface area contributed by atoms with E-state index in [1.54, 1.807) is 0 Å². The Bertz CT molecular complexity index is 522. The quantitative estimate of drug-likeness (QED) is 0.924. The van der Waals surface area contributed by atoms with Gasteiger partial charge in [-0.2, -0.15) is 0 Å². The van der Waals surface area contributed by atoms with Gasteiger partial charge in [-0.1, -0.05) is 30.2 Å². The third-order valence-electron chi connectivity index (χ3n) is 4.50. The molecule has 1 heterocycles. The van der Waals surface area contributed by atoms with Crippen molar-refractivity contribution in [2.24, 2.45) is 0 Å². The van der Waals surface area contributed by atoms with Crippen molar-refractivity contribution < 1.29 is 4.79 Å². The lowest BCUT2D eigenvalue weighted by Gasteiger charge is -2.31. The summed E-state index contributed by atoms with van der Waals surface area (Å²) in [7, 11) is 0. The minimum atomic E-state index is 0.0959. The van der Waals surface area contributed by atoms with Crippen LogP contribution in [0.3, 0.4) is 0 Å². The van der Waals surface area contributed by atoms with E-state index in [9.17, 15) is 4.79 Å². The van der Waals surface area contributed by atoms with E-state index in [-0.39, 0.29) is 5.91 Å². The van der Waals surface area contributed by atoms with Crippen LogP contribution in [0.2, 0.25) is 5.02 Å². The molecule has 1 aromatic rings. The molecule has 0 radical (unpaired) electrons. The lowest BCUT2D eigenvalue weighted by molar-refractivity contribution is 0.0718. The second-order valence-corrected chi connectivity index (χ2v) is 6.65. The van der Waals surface area contributed by atoms with Crippen LogP contribution in [0.15, 0.2) is 18.2 Å². The van der Waals surface area contributed by atoms with Gasteiger partial charge in [0.25, 0.3) is 5.91 Å². The third-order valence-corrected chi connectivity index (χ3v) is 5.00. The fraction of sp³-hybridized carbons (Fsp3) is 0.588. The number of aryl methyl sites for hydroxylation is 1. The number of benzene rings is 1. The highest BCUT2D eigenvalue weighted by molar-refractivity contribution is 6.34. The lowest BCUT2D eigenvalue weighted by Crippen LogP contribution is -2.46. The largest absolute Gasteiger partial charge is 0.334 e. The molecule has 1 aliphatic carbocycles. The van der Waals surface area contributed by atoms with Gasteiger partial charge in [0.2, 0.25) is 0 Å². The first-order valence-electron chi connectivity index (χ1n) is 7.96. The van der Waals surface area contributed by atoms with E-state index in [1.807, 2.05) is 30.0 Å². The summed E-state index contributed by atoms with van der Waals surface area (Å²) in [5.41, 5.74) is 1.62. The highest BCUT2D eigenvalue weighted by Gasteiger charge is 2.35. The van der Waals surface area contributed by atoms with Gasteiger partial charge < -0.3 is 10.2 Å². The molecule has 1 N–H and O–H groups in total. The molecule has 1 aromatic carbocycles. The Morgan fingerprint density at radius 3 is 2.81 bits per heavy atom. The summed E-state index contributed by atoms with van der Waals surface area (Å²) in [6, 6.07) is 6.56. The zero-order valence-electron chi connectivity index (χ0n) is 12.6. The zero-order valence-corrected chi connectivity index (χ0v) is 13.3. The predicted molar refractivity (Wildman–Crippen MR) is 85.9 cm³/mol. The fourth-order valence-electron chi connectivity index (χ4n) is 3.07. The summed E-state index contributed by atoms with van der Waals surface area (Å²) >= 11 is 6.34. The fourth-order valence-corrected chi connectivity index (χ4v) is 3.28. The Morgan fingerprint density at radius 2 is 2.14 bits per heavy atom. The number of rotatable bonds is 4. The van der Waals surface area contributed by atoms with Crippen molar-refractivity contribution in [3.8, 4) is 0 Å². The first-order chi connectivity index (χ1) is 10.2. The molecule has 114 valence electrons. The van der Waals surface area contributed by atoms with Crippen LogP contribution in [0.25, 0.3) is 0 Å². The van der Waals surface area contributed by atoms with Crippen molar-refractivity contribution in [3.63, 3.8) is 0 Å². The van der Waals surface area contributed by atoms with Gasteiger partial charge in [-0.25, -0.2) is 0 Å². The maximum atomic E-state index is 12.9. The average molecular weight is 307 g/mol. The molecule has 1 saturated carbocycles. The summed E-state index contributed by atoms with van der Waals surface area (Å²) in [5, 5.41) is 4.14. The first kappa shape index (κ1) is 14.9. The van der Waals surface area contributed by atoms with Gasteiger partial charge in [0, 0.05) is 18.6 Å². The molecule has 1 unspecified atom stereocenters. The number of halogens is 1. The molecule has 21 heavy (non-hydrogen) atoms. The molecule has 0 aromatic heterocycles. The number of hydrogen-bond acceptors (Lipinski definition) is 2. The maximum Gasteiger partial charge on any atom is 0.255 e. The Balaban J connectivity index is 1.76. The van der Waals surface area contributed by atoms with Crippen LogP contribution in [0.1, 0.15) is 48.0 Å². The second-order valence-electron chi connectivity index (χ2n) is 6.27. The Morgan fingerprint density at radius 1 is 1.33 bits per heavy atom. The number of amides is 1. The molecule has 1 aliphatic heterocycles. The first-order valence-corrected chi connectivity index (χ1v) is 8.34. The minimum Gasteiger partial charge on any atom is -0.334 e. The lowest BCUT2D eigenvalue weighted by atomic mass is 10.0. The summed E-state index contributed by atoms with van der Waals surface area (Å²) < 4.78 is 0. The van der Waals surface area contributed by atoms with Gasteiger partial charge in [-0.15, -0.1) is 0 Å². The van der Waals surface area contributed by atoms with Crippen LogP contribution in [0.5, 0.6) is 0 Å². The van der Waals surface area contributed by atoms with Crippen molar-refractivity contribution in [1.82, 2.24) is 10.2 Å². The number of carbonyl (C=O) groups is 1. The Kier molecular flexibility index (Phi) is 4.51. The normalized spacial score (nSPS) is 22.1. The highest BCUT2D eigenvalue weighted by atomic mass is 35.5. The van der Waals surface area contributed by atoms with Crippen molar-refractivity contribution >= 4 is 17.5 Å².